The number of carbonyl (C=O) groups excluding carboxylic acids is 2. The predicted octanol–water partition coefficient (Wildman–Crippen LogP) is 5.28. The Bertz CT molecular complexity index is 878. The molecular weight excluding hydrogens is 442 g/mol. The first-order valence-corrected chi connectivity index (χ1v) is 11.0. The van der Waals surface area contributed by atoms with Crippen molar-refractivity contribution in [2.24, 2.45) is 0 Å². The Morgan fingerprint density at radius 2 is 2.04 bits per heavy atom. The molecule has 7 heteroatoms. The summed E-state index contributed by atoms with van der Waals surface area (Å²) in [7, 11) is 1.38. The second-order valence-corrected chi connectivity index (χ2v) is 8.80. The number of hydrogen-bond donors (Lipinski definition) is 1. The number of carbonyl (C=O) groups is 2. The quantitative estimate of drug-likeness (QED) is 0.445. The van der Waals surface area contributed by atoms with Crippen molar-refractivity contribution >= 4 is 44.1 Å². The summed E-state index contributed by atoms with van der Waals surface area (Å²) in [5, 5.41) is 3.53. The van der Waals surface area contributed by atoms with Gasteiger partial charge in [0.1, 0.15) is 10.8 Å². The summed E-state index contributed by atoms with van der Waals surface area (Å²) < 4.78 is 11.6. The number of nitrogens with one attached hydrogen (secondary N) is 1. The van der Waals surface area contributed by atoms with E-state index < -0.39 is 0 Å². The highest BCUT2D eigenvalue weighted by molar-refractivity contribution is 9.10. The molecule has 0 radical (unpaired) electrons. The van der Waals surface area contributed by atoms with Gasteiger partial charge in [-0.3, -0.25) is 4.79 Å². The van der Waals surface area contributed by atoms with E-state index in [2.05, 4.69) is 21.2 Å². The number of benzene rings is 1. The molecule has 1 aromatic carbocycles. The number of methoxy groups -OCH3 is 1. The lowest BCUT2D eigenvalue weighted by atomic mass is 9.95. The van der Waals surface area contributed by atoms with Crippen LogP contribution in [0.15, 0.2) is 22.7 Å². The molecule has 0 saturated carbocycles. The molecule has 0 unspecified atom stereocenters. The van der Waals surface area contributed by atoms with Crippen LogP contribution in [0.4, 0.5) is 5.00 Å². The Morgan fingerprint density at radius 3 is 2.79 bits per heavy atom. The fourth-order valence-electron chi connectivity index (χ4n) is 3.30. The summed E-state index contributed by atoms with van der Waals surface area (Å²) in [6, 6.07) is 5.90. The summed E-state index contributed by atoms with van der Waals surface area (Å²) in [5.41, 5.74) is 2.74. The Balaban J connectivity index is 1.56. The molecule has 5 nitrogen and oxygen atoms in total. The summed E-state index contributed by atoms with van der Waals surface area (Å²) >= 11 is 4.98. The second-order valence-electron chi connectivity index (χ2n) is 6.84. The average molecular weight is 466 g/mol. The van der Waals surface area contributed by atoms with Crippen molar-refractivity contribution in [2.75, 3.05) is 19.0 Å². The molecule has 3 rings (SSSR count). The molecule has 0 fully saturated rings. The monoisotopic (exact) mass is 465 g/mol. The zero-order valence-corrected chi connectivity index (χ0v) is 18.5. The van der Waals surface area contributed by atoms with Crippen molar-refractivity contribution in [3.05, 3.63) is 44.2 Å². The van der Waals surface area contributed by atoms with E-state index in [0.29, 0.717) is 30.0 Å². The molecule has 1 amide bonds. The van der Waals surface area contributed by atoms with E-state index in [0.717, 1.165) is 47.0 Å². The predicted molar refractivity (Wildman–Crippen MR) is 115 cm³/mol. The van der Waals surface area contributed by atoms with Crippen LogP contribution in [0.1, 0.15) is 52.0 Å². The van der Waals surface area contributed by atoms with Crippen LogP contribution in [0.3, 0.4) is 0 Å². The molecule has 0 atom stereocenters. The molecule has 28 heavy (non-hydrogen) atoms. The maximum atomic E-state index is 12.4. The van der Waals surface area contributed by atoms with Gasteiger partial charge in [-0.2, -0.15) is 0 Å². The first-order valence-electron chi connectivity index (χ1n) is 9.41. The first kappa shape index (κ1) is 20.9. The maximum Gasteiger partial charge on any atom is 0.341 e. The van der Waals surface area contributed by atoms with Gasteiger partial charge in [0.25, 0.3) is 0 Å². The number of fused-ring (bicyclic) bond motifs is 1. The second kappa shape index (κ2) is 9.56. The average Bonchev–Trinajstić information content (AvgIpc) is 3.03. The van der Waals surface area contributed by atoms with E-state index in [9.17, 15) is 9.59 Å². The van der Waals surface area contributed by atoms with Crippen LogP contribution in [0.25, 0.3) is 0 Å². The molecule has 2 aromatic rings. The fraction of sp³-hybridized carbons (Fsp3) is 0.429. The van der Waals surface area contributed by atoms with E-state index in [4.69, 9.17) is 9.47 Å². The highest BCUT2D eigenvalue weighted by Crippen LogP contribution is 2.38. The number of ether oxygens (including phenoxy) is 2. The molecule has 1 aromatic heterocycles. The largest absolute Gasteiger partial charge is 0.492 e. The van der Waals surface area contributed by atoms with Crippen LogP contribution >= 0.6 is 27.3 Å². The third-order valence-electron chi connectivity index (χ3n) is 4.71. The molecular formula is C21H24BrNO4S. The molecule has 1 heterocycles. The van der Waals surface area contributed by atoms with Gasteiger partial charge in [0.2, 0.25) is 5.91 Å². The van der Waals surface area contributed by atoms with Crippen LogP contribution in [0.2, 0.25) is 0 Å². The molecule has 0 aliphatic heterocycles. The van der Waals surface area contributed by atoms with Gasteiger partial charge in [0.05, 0.1) is 23.8 Å². The van der Waals surface area contributed by atoms with E-state index in [1.165, 1.54) is 23.3 Å². The van der Waals surface area contributed by atoms with E-state index in [1.807, 2.05) is 25.1 Å². The van der Waals surface area contributed by atoms with E-state index >= 15 is 0 Å². The normalized spacial score (nSPS) is 13.0. The minimum atomic E-state index is -0.373. The standard InChI is InChI=1S/C21H24BrNO4S/c1-13-9-10-16(15(22)12-13)27-11-5-8-18(24)23-20-19(21(25)26-2)14-6-3-4-7-17(14)28-20/h9-10,12H,3-8,11H2,1-2H3,(H,23,24). The number of rotatable bonds is 7. The lowest BCUT2D eigenvalue weighted by molar-refractivity contribution is -0.116. The molecule has 1 aliphatic carbocycles. The summed E-state index contributed by atoms with van der Waals surface area (Å²) in [5.74, 6) is 0.280. The number of halogens is 1. The van der Waals surface area contributed by atoms with Gasteiger partial charge in [-0.05, 0) is 78.2 Å². The summed E-state index contributed by atoms with van der Waals surface area (Å²) in [4.78, 5) is 25.8. The maximum absolute atomic E-state index is 12.4. The lowest BCUT2D eigenvalue weighted by Crippen LogP contribution is -2.15. The lowest BCUT2D eigenvalue weighted by Gasteiger charge is -2.12. The number of amides is 1. The van der Waals surface area contributed by atoms with E-state index in [1.54, 1.807) is 0 Å². The first-order chi connectivity index (χ1) is 13.5. The highest BCUT2D eigenvalue weighted by atomic mass is 79.9. The zero-order chi connectivity index (χ0) is 20.1. The van der Waals surface area contributed by atoms with Crippen molar-refractivity contribution in [3.63, 3.8) is 0 Å². The number of thiophene rings is 1. The third-order valence-corrected chi connectivity index (χ3v) is 6.53. The number of esters is 1. The SMILES string of the molecule is COC(=O)c1c(NC(=O)CCCOc2ccc(C)cc2Br)sc2c1CCCC2. The van der Waals surface area contributed by atoms with Gasteiger partial charge < -0.3 is 14.8 Å². The summed E-state index contributed by atoms with van der Waals surface area (Å²) in [6.45, 7) is 2.46. The van der Waals surface area contributed by atoms with Crippen LogP contribution in [-0.2, 0) is 22.4 Å². The number of hydrogen-bond acceptors (Lipinski definition) is 5. The van der Waals surface area contributed by atoms with Gasteiger partial charge >= 0.3 is 5.97 Å². The van der Waals surface area contributed by atoms with Crippen LogP contribution in [0, 0.1) is 6.92 Å². The Kier molecular flexibility index (Phi) is 7.13. The minimum absolute atomic E-state index is 0.115. The number of anilines is 1. The van der Waals surface area contributed by atoms with E-state index in [-0.39, 0.29) is 11.9 Å². The van der Waals surface area contributed by atoms with Crippen LogP contribution in [-0.4, -0.2) is 25.6 Å². The topological polar surface area (TPSA) is 64.6 Å². The highest BCUT2D eigenvalue weighted by Gasteiger charge is 2.26. The fourth-order valence-corrected chi connectivity index (χ4v) is 5.20. The minimum Gasteiger partial charge on any atom is -0.492 e. The molecule has 0 saturated heterocycles. The Morgan fingerprint density at radius 1 is 1.25 bits per heavy atom. The molecule has 0 bridgehead atoms. The van der Waals surface area contributed by atoms with Gasteiger partial charge in [-0.15, -0.1) is 11.3 Å². The van der Waals surface area contributed by atoms with Gasteiger partial charge in [-0.1, -0.05) is 6.07 Å². The zero-order valence-electron chi connectivity index (χ0n) is 16.1. The smallest absolute Gasteiger partial charge is 0.341 e. The van der Waals surface area contributed by atoms with Gasteiger partial charge in [-0.25, -0.2) is 4.79 Å². The Labute approximate surface area is 177 Å². The van der Waals surface area contributed by atoms with Crippen molar-refractivity contribution in [3.8, 4) is 5.75 Å². The van der Waals surface area contributed by atoms with Crippen LogP contribution < -0.4 is 10.1 Å². The van der Waals surface area contributed by atoms with Gasteiger partial charge in [0, 0.05) is 11.3 Å². The molecule has 1 aliphatic rings. The van der Waals surface area contributed by atoms with Crippen molar-refractivity contribution in [2.45, 2.75) is 45.4 Å². The van der Waals surface area contributed by atoms with Gasteiger partial charge in [0.15, 0.2) is 0 Å². The third kappa shape index (κ3) is 4.94. The van der Waals surface area contributed by atoms with Crippen molar-refractivity contribution in [1.82, 2.24) is 0 Å². The summed E-state index contributed by atoms with van der Waals surface area (Å²) in [6.07, 6.45) is 4.92. The molecule has 0 spiro atoms. The number of aryl methyl sites for hydroxylation is 2. The van der Waals surface area contributed by atoms with Crippen molar-refractivity contribution in [1.29, 1.82) is 0 Å². The Hall–Kier alpha value is -1.86. The molecule has 150 valence electrons. The van der Waals surface area contributed by atoms with Crippen LogP contribution in [0.5, 0.6) is 5.75 Å². The van der Waals surface area contributed by atoms with Crippen molar-refractivity contribution < 1.29 is 19.1 Å². The molecule has 1 N–H and O–H groups in total.